The molecule has 0 aliphatic carbocycles. The molecule has 29 heavy (non-hydrogen) atoms. The maximum atomic E-state index is 12.7. The van der Waals surface area contributed by atoms with Gasteiger partial charge in [-0.3, -0.25) is 4.79 Å². The first kappa shape index (κ1) is 19.4. The molecule has 8 nitrogen and oxygen atoms in total. The summed E-state index contributed by atoms with van der Waals surface area (Å²) in [6.07, 6.45) is 1.68. The van der Waals surface area contributed by atoms with E-state index in [9.17, 15) is 4.79 Å². The van der Waals surface area contributed by atoms with Crippen LogP contribution in [-0.2, 0) is 11.3 Å². The summed E-state index contributed by atoms with van der Waals surface area (Å²) in [5, 5.41) is 17.0. The largest absolute Gasteiger partial charge is 0.324 e. The predicted molar refractivity (Wildman–Crippen MR) is 115 cm³/mol. The Labute approximate surface area is 172 Å². The van der Waals surface area contributed by atoms with Gasteiger partial charge in [0.15, 0.2) is 5.65 Å². The van der Waals surface area contributed by atoms with E-state index in [1.165, 1.54) is 11.8 Å². The van der Waals surface area contributed by atoms with E-state index in [1.54, 1.807) is 16.9 Å². The fraction of sp³-hybridized carbons (Fsp3) is 0.350. The number of benzene rings is 1. The van der Waals surface area contributed by atoms with Crippen molar-refractivity contribution >= 4 is 45.6 Å². The van der Waals surface area contributed by atoms with Gasteiger partial charge in [-0.05, 0) is 33.8 Å². The van der Waals surface area contributed by atoms with Crippen molar-refractivity contribution < 1.29 is 4.79 Å². The Hall–Kier alpha value is -2.94. The van der Waals surface area contributed by atoms with Gasteiger partial charge < -0.3 is 9.88 Å². The lowest BCUT2D eigenvalue weighted by Gasteiger charge is -2.14. The quantitative estimate of drug-likeness (QED) is 0.486. The SMILES string of the molecule is CCn1c2ccccc2c2nnc(S[C@@H](C)C(=O)Nc3ccnn3C(C)C)nc21. The highest BCUT2D eigenvalue weighted by molar-refractivity contribution is 8.00. The highest BCUT2D eigenvalue weighted by Crippen LogP contribution is 2.28. The average molecular weight is 410 g/mol. The molecule has 0 fully saturated rings. The molecule has 3 heterocycles. The van der Waals surface area contributed by atoms with Gasteiger partial charge in [0.05, 0.1) is 17.0 Å². The first-order valence-corrected chi connectivity index (χ1v) is 10.5. The topological polar surface area (TPSA) is 90.5 Å². The number of amides is 1. The number of aryl methyl sites for hydroxylation is 1. The van der Waals surface area contributed by atoms with Crippen molar-refractivity contribution in [2.45, 2.75) is 50.7 Å². The maximum absolute atomic E-state index is 12.7. The molecule has 0 spiro atoms. The first-order valence-electron chi connectivity index (χ1n) is 9.62. The summed E-state index contributed by atoms with van der Waals surface area (Å²) in [6, 6.07) is 10.0. The Morgan fingerprint density at radius 1 is 1.17 bits per heavy atom. The molecule has 1 N–H and O–H groups in total. The number of hydrogen-bond acceptors (Lipinski definition) is 6. The number of carbonyl (C=O) groups is 1. The number of nitrogens with one attached hydrogen (secondary N) is 1. The van der Waals surface area contributed by atoms with Crippen LogP contribution in [0.4, 0.5) is 5.82 Å². The molecule has 150 valence electrons. The molecule has 3 aromatic heterocycles. The second kappa shape index (κ2) is 7.82. The van der Waals surface area contributed by atoms with E-state index in [0.29, 0.717) is 11.0 Å². The summed E-state index contributed by atoms with van der Waals surface area (Å²) in [4.78, 5) is 17.4. The van der Waals surface area contributed by atoms with E-state index in [0.717, 1.165) is 28.6 Å². The molecule has 0 bridgehead atoms. The molecular weight excluding hydrogens is 386 g/mol. The Morgan fingerprint density at radius 2 is 1.97 bits per heavy atom. The number of aromatic nitrogens is 6. The van der Waals surface area contributed by atoms with Gasteiger partial charge in [-0.15, -0.1) is 10.2 Å². The normalized spacial score (nSPS) is 12.7. The third-order valence-corrected chi connectivity index (χ3v) is 5.68. The monoisotopic (exact) mass is 409 g/mol. The lowest BCUT2D eigenvalue weighted by molar-refractivity contribution is -0.115. The summed E-state index contributed by atoms with van der Waals surface area (Å²) in [6.45, 7) is 8.72. The average Bonchev–Trinajstić information content (AvgIpc) is 3.29. The molecule has 1 amide bonds. The maximum Gasteiger partial charge on any atom is 0.238 e. The molecule has 1 atom stereocenters. The molecule has 0 aliphatic heterocycles. The van der Waals surface area contributed by atoms with Crippen LogP contribution >= 0.6 is 11.8 Å². The van der Waals surface area contributed by atoms with Crippen LogP contribution in [0.2, 0.25) is 0 Å². The molecule has 0 aliphatic rings. The van der Waals surface area contributed by atoms with Gasteiger partial charge in [-0.1, -0.05) is 30.0 Å². The van der Waals surface area contributed by atoms with Crippen LogP contribution in [0, 0.1) is 0 Å². The Morgan fingerprint density at radius 3 is 2.72 bits per heavy atom. The number of para-hydroxylation sites is 1. The molecule has 0 saturated carbocycles. The van der Waals surface area contributed by atoms with Crippen molar-refractivity contribution in [3.63, 3.8) is 0 Å². The minimum atomic E-state index is -0.385. The number of thioether (sulfide) groups is 1. The van der Waals surface area contributed by atoms with E-state index in [1.807, 2.05) is 39.0 Å². The zero-order valence-corrected chi connectivity index (χ0v) is 17.6. The van der Waals surface area contributed by atoms with Crippen LogP contribution in [0.5, 0.6) is 0 Å². The zero-order valence-electron chi connectivity index (χ0n) is 16.8. The fourth-order valence-electron chi connectivity index (χ4n) is 3.32. The van der Waals surface area contributed by atoms with Crippen molar-refractivity contribution in [2.24, 2.45) is 0 Å². The van der Waals surface area contributed by atoms with E-state index in [4.69, 9.17) is 4.98 Å². The lowest BCUT2D eigenvalue weighted by atomic mass is 10.2. The highest BCUT2D eigenvalue weighted by atomic mass is 32.2. The van der Waals surface area contributed by atoms with Gasteiger partial charge in [0.25, 0.3) is 0 Å². The summed E-state index contributed by atoms with van der Waals surface area (Å²) in [5.41, 5.74) is 2.66. The number of nitrogens with zero attached hydrogens (tertiary/aromatic N) is 6. The van der Waals surface area contributed by atoms with Crippen molar-refractivity contribution in [1.82, 2.24) is 29.5 Å². The molecule has 9 heteroatoms. The van der Waals surface area contributed by atoms with Crippen molar-refractivity contribution in [2.75, 3.05) is 5.32 Å². The number of rotatable bonds is 6. The lowest BCUT2D eigenvalue weighted by Crippen LogP contribution is -2.24. The number of fused-ring (bicyclic) bond motifs is 3. The molecule has 4 aromatic rings. The van der Waals surface area contributed by atoms with Crippen LogP contribution in [0.15, 0.2) is 41.7 Å². The second-order valence-electron chi connectivity index (χ2n) is 7.03. The summed E-state index contributed by atoms with van der Waals surface area (Å²) in [5.74, 6) is 0.551. The Bertz CT molecular complexity index is 1180. The summed E-state index contributed by atoms with van der Waals surface area (Å²) in [7, 11) is 0. The van der Waals surface area contributed by atoms with Gasteiger partial charge in [0.2, 0.25) is 11.1 Å². The Balaban J connectivity index is 1.58. The van der Waals surface area contributed by atoms with E-state index in [2.05, 4.69) is 38.2 Å². The van der Waals surface area contributed by atoms with E-state index >= 15 is 0 Å². The summed E-state index contributed by atoms with van der Waals surface area (Å²) >= 11 is 1.29. The minimum absolute atomic E-state index is 0.128. The van der Waals surface area contributed by atoms with Crippen molar-refractivity contribution in [1.29, 1.82) is 0 Å². The van der Waals surface area contributed by atoms with Crippen LogP contribution in [0.3, 0.4) is 0 Å². The van der Waals surface area contributed by atoms with Crippen molar-refractivity contribution in [3.05, 3.63) is 36.5 Å². The number of hydrogen-bond donors (Lipinski definition) is 1. The molecule has 0 unspecified atom stereocenters. The zero-order chi connectivity index (χ0) is 20.5. The first-order chi connectivity index (χ1) is 14.0. The molecule has 4 rings (SSSR count). The second-order valence-corrected chi connectivity index (χ2v) is 8.34. The molecule has 1 aromatic carbocycles. The molecule has 0 radical (unpaired) electrons. The third-order valence-electron chi connectivity index (χ3n) is 4.73. The molecular formula is C20H23N7OS. The predicted octanol–water partition coefficient (Wildman–Crippen LogP) is 3.90. The van der Waals surface area contributed by atoms with E-state index < -0.39 is 0 Å². The van der Waals surface area contributed by atoms with Crippen LogP contribution in [0.1, 0.15) is 33.7 Å². The summed E-state index contributed by atoms with van der Waals surface area (Å²) < 4.78 is 3.90. The van der Waals surface area contributed by atoms with Gasteiger partial charge in [-0.25, -0.2) is 9.67 Å². The van der Waals surface area contributed by atoms with Gasteiger partial charge in [0, 0.05) is 24.0 Å². The standard InChI is InChI=1S/C20H23N7OS/c1-5-26-15-9-7-6-8-14(15)17-18(26)23-20(25-24-17)29-13(4)19(28)22-16-10-11-21-27(16)12(2)3/h6-13H,5H2,1-4H3,(H,22,28)/t13-/m0/s1. The van der Waals surface area contributed by atoms with Gasteiger partial charge >= 0.3 is 0 Å². The smallest absolute Gasteiger partial charge is 0.238 e. The number of anilines is 1. The number of carbonyl (C=O) groups excluding carboxylic acids is 1. The van der Waals surface area contributed by atoms with Crippen LogP contribution in [-0.4, -0.2) is 40.7 Å². The van der Waals surface area contributed by atoms with Gasteiger partial charge in [-0.2, -0.15) is 5.10 Å². The molecule has 0 saturated heterocycles. The third kappa shape index (κ3) is 3.57. The van der Waals surface area contributed by atoms with Gasteiger partial charge in [0.1, 0.15) is 11.3 Å². The van der Waals surface area contributed by atoms with Crippen LogP contribution in [0.25, 0.3) is 22.1 Å². The van der Waals surface area contributed by atoms with Crippen LogP contribution < -0.4 is 5.32 Å². The Kier molecular flexibility index (Phi) is 5.23. The minimum Gasteiger partial charge on any atom is -0.324 e. The van der Waals surface area contributed by atoms with E-state index in [-0.39, 0.29) is 17.2 Å². The highest BCUT2D eigenvalue weighted by Gasteiger charge is 2.20. The van der Waals surface area contributed by atoms with Crippen molar-refractivity contribution in [3.8, 4) is 0 Å². The fourth-order valence-corrected chi connectivity index (χ4v) is 4.03.